The number of unbranched alkanes of at least 4 members (excludes halogenated alkanes) is 24. The Labute approximate surface area is 296 Å². The maximum absolute atomic E-state index is 7.41. The maximum atomic E-state index is 7.41. The van der Waals surface area contributed by atoms with Crippen LogP contribution in [0.15, 0.2) is 0 Å². The fourth-order valence-corrected chi connectivity index (χ4v) is 8.43. The topological polar surface area (TPSA) is 27.7 Å². The Balaban J connectivity index is 2.02. The summed E-state index contributed by atoms with van der Waals surface area (Å²) in [6.07, 6.45) is 45.7. The second kappa shape index (κ2) is 28.6. The highest BCUT2D eigenvalue weighted by Crippen LogP contribution is 2.50. The maximum Gasteiger partial charge on any atom is 0.176 e. The third-order valence-corrected chi connectivity index (χ3v) is 11.8. The lowest BCUT2D eigenvalue weighted by Crippen LogP contribution is -2.63. The van der Waals surface area contributed by atoms with E-state index in [-0.39, 0.29) is 0 Å². The van der Waals surface area contributed by atoms with E-state index in [1.807, 2.05) is 0 Å². The summed E-state index contributed by atoms with van der Waals surface area (Å²) in [5.74, 6) is 0.232. The van der Waals surface area contributed by atoms with Crippen LogP contribution in [0, 0.1) is 11.8 Å². The second-order valence-electron chi connectivity index (χ2n) is 16.0. The van der Waals surface area contributed by atoms with E-state index in [2.05, 4.69) is 27.7 Å². The molecule has 4 atom stereocenters. The minimum Gasteiger partial charge on any atom is -0.349 e. The molecule has 2 fully saturated rings. The third-order valence-electron chi connectivity index (χ3n) is 11.8. The SMILES string of the molecule is CCCCCCCCCCC(CCCCCCCC)C1(OC2(C(CCCCCCCC)CCCCCCCCCC)CCO2)CCO1. The molecule has 2 aliphatic rings. The predicted molar refractivity (Wildman–Crippen MR) is 205 cm³/mol. The average Bonchev–Trinajstić information content (AvgIpc) is 3.04. The first-order valence-corrected chi connectivity index (χ1v) is 22.1. The summed E-state index contributed by atoms with van der Waals surface area (Å²) in [4.78, 5) is 0. The molecule has 2 aliphatic heterocycles. The Morgan fingerprint density at radius 1 is 0.362 bits per heavy atom. The van der Waals surface area contributed by atoms with Crippen molar-refractivity contribution < 1.29 is 14.2 Å². The van der Waals surface area contributed by atoms with Gasteiger partial charge in [-0.3, -0.25) is 0 Å². The zero-order valence-corrected chi connectivity index (χ0v) is 32.8. The van der Waals surface area contributed by atoms with Gasteiger partial charge in [0.2, 0.25) is 0 Å². The van der Waals surface area contributed by atoms with Crippen molar-refractivity contribution in [3.8, 4) is 0 Å². The van der Waals surface area contributed by atoms with Gasteiger partial charge >= 0.3 is 0 Å². The van der Waals surface area contributed by atoms with Crippen LogP contribution in [0.2, 0.25) is 0 Å². The first-order valence-electron chi connectivity index (χ1n) is 22.1. The van der Waals surface area contributed by atoms with Gasteiger partial charge in [-0.05, 0) is 25.7 Å². The van der Waals surface area contributed by atoms with E-state index in [1.54, 1.807) is 0 Å². The van der Waals surface area contributed by atoms with E-state index in [9.17, 15) is 0 Å². The average molecular weight is 663 g/mol. The van der Waals surface area contributed by atoms with E-state index in [0.29, 0.717) is 11.8 Å². The quantitative estimate of drug-likeness (QED) is 0.0625. The Bertz CT molecular complexity index is 613. The van der Waals surface area contributed by atoms with E-state index in [1.165, 1.54) is 205 Å². The Morgan fingerprint density at radius 2 is 0.574 bits per heavy atom. The van der Waals surface area contributed by atoms with Gasteiger partial charge < -0.3 is 14.2 Å². The molecular weight excluding hydrogens is 576 g/mol. The minimum atomic E-state index is -0.399. The molecule has 0 spiro atoms. The molecule has 0 amide bonds. The monoisotopic (exact) mass is 663 g/mol. The fraction of sp³-hybridized carbons (Fsp3) is 1.00. The van der Waals surface area contributed by atoms with Gasteiger partial charge in [-0.25, -0.2) is 0 Å². The van der Waals surface area contributed by atoms with Gasteiger partial charge in [-0.2, -0.15) is 0 Å². The van der Waals surface area contributed by atoms with Gasteiger partial charge in [0, 0.05) is 24.7 Å². The van der Waals surface area contributed by atoms with Gasteiger partial charge in [0.25, 0.3) is 0 Å². The molecule has 0 bridgehead atoms. The fourth-order valence-electron chi connectivity index (χ4n) is 8.43. The molecule has 0 aromatic heterocycles. The molecule has 2 rings (SSSR count). The summed E-state index contributed by atoms with van der Waals surface area (Å²) in [6.45, 7) is 11.0. The van der Waals surface area contributed by atoms with Crippen LogP contribution in [-0.2, 0) is 14.2 Å². The van der Waals surface area contributed by atoms with Gasteiger partial charge in [0.15, 0.2) is 11.6 Å². The summed E-state index contributed by atoms with van der Waals surface area (Å²) in [7, 11) is 0. The van der Waals surface area contributed by atoms with E-state index in [4.69, 9.17) is 14.2 Å². The molecule has 2 saturated heterocycles. The van der Waals surface area contributed by atoms with E-state index >= 15 is 0 Å². The molecule has 0 radical (unpaired) electrons. The van der Waals surface area contributed by atoms with Crippen LogP contribution in [-0.4, -0.2) is 24.8 Å². The van der Waals surface area contributed by atoms with Gasteiger partial charge in [0.1, 0.15) is 0 Å². The highest BCUT2D eigenvalue weighted by Gasteiger charge is 2.56. The van der Waals surface area contributed by atoms with Crippen LogP contribution in [0.25, 0.3) is 0 Å². The van der Waals surface area contributed by atoms with Crippen molar-refractivity contribution in [1.82, 2.24) is 0 Å². The standard InChI is InChI=1S/C44H86O3/c1-5-9-13-17-21-23-27-31-35-41(33-29-25-19-15-11-7-3)43(37-39-45-43)47-44(38-40-46-44)42(34-30-26-20-16-12-8-4)36-32-28-24-22-18-14-10-6-2/h41-42H,5-40H2,1-4H3. The van der Waals surface area contributed by atoms with Gasteiger partial charge in [-0.15, -0.1) is 0 Å². The van der Waals surface area contributed by atoms with Crippen molar-refractivity contribution in [3.63, 3.8) is 0 Å². The molecule has 3 heteroatoms. The summed E-state index contributed by atoms with van der Waals surface area (Å²) in [5.41, 5.74) is 0. The van der Waals surface area contributed by atoms with Crippen LogP contribution >= 0.6 is 0 Å². The van der Waals surface area contributed by atoms with Crippen LogP contribution in [0.3, 0.4) is 0 Å². The summed E-state index contributed by atoms with van der Waals surface area (Å²) >= 11 is 0. The number of ether oxygens (including phenoxy) is 3. The molecule has 47 heavy (non-hydrogen) atoms. The summed E-state index contributed by atoms with van der Waals surface area (Å²) < 4.78 is 20.7. The van der Waals surface area contributed by atoms with Crippen LogP contribution in [0.1, 0.15) is 246 Å². The molecule has 0 aliphatic carbocycles. The van der Waals surface area contributed by atoms with Crippen LogP contribution < -0.4 is 0 Å². The van der Waals surface area contributed by atoms with Crippen LogP contribution in [0.5, 0.6) is 0 Å². The van der Waals surface area contributed by atoms with Gasteiger partial charge in [-0.1, -0.05) is 207 Å². The van der Waals surface area contributed by atoms with E-state index < -0.39 is 11.6 Å². The number of hydrogen-bond acceptors (Lipinski definition) is 3. The molecule has 2 heterocycles. The van der Waals surface area contributed by atoms with Gasteiger partial charge in [0.05, 0.1) is 13.2 Å². The zero-order valence-electron chi connectivity index (χ0n) is 32.8. The summed E-state index contributed by atoms with van der Waals surface area (Å²) in [5, 5.41) is 0. The Morgan fingerprint density at radius 3 is 0.766 bits per heavy atom. The zero-order chi connectivity index (χ0) is 33.7. The molecule has 0 N–H and O–H groups in total. The highest BCUT2D eigenvalue weighted by molar-refractivity contribution is 4.94. The molecule has 280 valence electrons. The first-order chi connectivity index (χ1) is 23.2. The molecule has 3 nitrogen and oxygen atoms in total. The highest BCUT2D eigenvalue weighted by atomic mass is 16.8. The van der Waals surface area contributed by atoms with Crippen molar-refractivity contribution in [3.05, 3.63) is 0 Å². The van der Waals surface area contributed by atoms with Crippen molar-refractivity contribution in [1.29, 1.82) is 0 Å². The van der Waals surface area contributed by atoms with Crippen molar-refractivity contribution in [2.24, 2.45) is 11.8 Å². The van der Waals surface area contributed by atoms with Crippen molar-refractivity contribution in [2.45, 2.75) is 258 Å². The van der Waals surface area contributed by atoms with Crippen molar-refractivity contribution in [2.75, 3.05) is 13.2 Å². The van der Waals surface area contributed by atoms with E-state index in [0.717, 1.165) is 26.1 Å². The molecule has 4 unspecified atom stereocenters. The Hall–Kier alpha value is -0.120. The minimum absolute atomic E-state index is 0.399. The lowest BCUT2D eigenvalue weighted by atomic mass is 9.80. The molecule has 0 aromatic carbocycles. The summed E-state index contributed by atoms with van der Waals surface area (Å²) in [6, 6.07) is 0. The molecular formula is C44H86O3. The Kier molecular flexibility index (Phi) is 26.2. The lowest BCUT2D eigenvalue weighted by molar-refractivity contribution is -0.457. The van der Waals surface area contributed by atoms with Crippen molar-refractivity contribution >= 4 is 0 Å². The smallest absolute Gasteiger partial charge is 0.176 e. The third kappa shape index (κ3) is 18.1. The van der Waals surface area contributed by atoms with Crippen LogP contribution in [0.4, 0.5) is 0 Å². The number of hydrogen-bond donors (Lipinski definition) is 0. The molecule has 0 aromatic rings. The lowest BCUT2D eigenvalue weighted by Gasteiger charge is -2.57. The second-order valence-corrected chi connectivity index (χ2v) is 16.0. The predicted octanol–water partition coefficient (Wildman–Crippen LogP) is 15.0. The largest absolute Gasteiger partial charge is 0.349 e. The first kappa shape index (κ1) is 43.0. The molecule has 0 saturated carbocycles. The number of rotatable bonds is 36. The normalized spacial score (nSPS) is 22.2.